The van der Waals surface area contributed by atoms with Crippen molar-refractivity contribution in [2.75, 3.05) is 5.32 Å². The third kappa shape index (κ3) is 5.09. The minimum atomic E-state index is -0.324. The van der Waals surface area contributed by atoms with Crippen molar-refractivity contribution in [2.45, 2.75) is 20.5 Å². The lowest BCUT2D eigenvalue weighted by molar-refractivity contribution is 0.0977. The molecule has 0 fully saturated rings. The molecule has 8 nitrogen and oxygen atoms in total. The Morgan fingerprint density at radius 3 is 2.64 bits per heavy atom. The van der Waals surface area contributed by atoms with Gasteiger partial charge in [-0.15, -0.1) is 10.2 Å². The second-order valence-electron chi connectivity index (χ2n) is 8.04. The molecule has 3 aromatic carbocycles. The summed E-state index contributed by atoms with van der Waals surface area (Å²) in [5, 5.41) is 19.7. The number of nitrogens with zero attached hydrogens (tertiary/aromatic N) is 4. The zero-order valence-corrected chi connectivity index (χ0v) is 21.2. The predicted octanol–water partition coefficient (Wildman–Crippen LogP) is 5.18. The van der Waals surface area contributed by atoms with Crippen LogP contribution in [0.15, 0.2) is 72.8 Å². The number of aromatic nitrogens is 4. The Labute approximate surface area is 217 Å². The normalized spacial score (nSPS) is 10.8. The van der Waals surface area contributed by atoms with Crippen molar-refractivity contribution in [3.05, 3.63) is 95.3 Å². The molecule has 0 aliphatic carbocycles. The molecule has 0 saturated carbocycles. The molecule has 5 aromatic rings. The van der Waals surface area contributed by atoms with Gasteiger partial charge in [0.2, 0.25) is 4.96 Å². The third-order valence-electron chi connectivity index (χ3n) is 5.53. The molecular formula is C26H22N6O2S2. The van der Waals surface area contributed by atoms with Crippen LogP contribution in [0.3, 0.4) is 0 Å². The van der Waals surface area contributed by atoms with E-state index in [1.165, 1.54) is 11.3 Å². The molecule has 0 unspecified atom stereocenters. The first kappa shape index (κ1) is 23.6. The van der Waals surface area contributed by atoms with Crippen LogP contribution in [-0.2, 0) is 6.61 Å². The fourth-order valence-corrected chi connectivity index (χ4v) is 4.79. The van der Waals surface area contributed by atoms with E-state index in [-0.39, 0.29) is 11.0 Å². The number of amides is 1. The number of hydrogen-bond donors (Lipinski definition) is 2. The van der Waals surface area contributed by atoms with E-state index in [1.807, 2.05) is 68.4 Å². The molecule has 36 heavy (non-hydrogen) atoms. The highest BCUT2D eigenvalue weighted by Gasteiger charge is 2.15. The topological polar surface area (TPSA) is 93.4 Å². The predicted molar refractivity (Wildman–Crippen MR) is 144 cm³/mol. The van der Waals surface area contributed by atoms with Crippen LogP contribution in [0.1, 0.15) is 27.3 Å². The number of ether oxygens (including phenoxy) is 1. The summed E-state index contributed by atoms with van der Waals surface area (Å²) >= 11 is 6.89. The maximum atomic E-state index is 12.8. The van der Waals surface area contributed by atoms with Gasteiger partial charge in [-0.05, 0) is 61.5 Å². The van der Waals surface area contributed by atoms with E-state index in [2.05, 4.69) is 25.9 Å². The molecule has 0 saturated heterocycles. The van der Waals surface area contributed by atoms with Crippen LogP contribution in [0.4, 0.5) is 5.69 Å². The highest BCUT2D eigenvalue weighted by molar-refractivity contribution is 7.80. The Bertz CT molecular complexity index is 1560. The summed E-state index contributed by atoms with van der Waals surface area (Å²) in [7, 11) is 0. The molecule has 5 rings (SSSR count). The number of thiocarbonyl (C=S) groups is 1. The minimum absolute atomic E-state index is 0.199. The molecule has 2 aromatic heterocycles. The summed E-state index contributed by atoms with van der Waals surface area (Å²) in [6.07, 6.45) is 0. The Balaban J connectivity index is 1.25. The summed E-state index contributed by atoms with van der Waals surface area (Å²) in [4.78, 5) is 13.6. The van der Waals surface area contributed by atoms with E-state index in [9.17, 15) is 4.79 Å². The van der Waals surface area contributed by atoms with Gasteiger partial charge in [-0.25, -0.2) is 0 Å². The third-order valence-corrected chi connectivity index (χ3v) is 6.67. The van der Waals surface area contributed by atoms with Crippen LogP contribution in [0.2, 0.25) is 0 Å². The number of nitrogens with one attached hydrogen (secondary N) is 2. The fraction of sp³-hybridized carbons (Fsp3) is 0.115. The van der Waals surface area contributed by atoms with Crippen molar-refractivity contribution < 1.29 is 9.53 Å². The first-order valence-corrected chi connectivity index (χ1v) is 12.4. The van der Waals surface area contributed by atoms with Gasteiger partial charge in [0.05, 0.1) is 0 Å². The van der Waals surface area contributed by atoms with E-state index in [0.717, 1.165) is 38.2 Å². The van der Waals surface area contributed by atoms with E-state index in [4.69, 9.17) is 17.0 Å². The number of hydrogen-bond acceptors (Lipinski definition) is 7. The van der Waals surface area contributed by atoms with Crippen LogP contribution >= 0.6 is 23.6 Å². The molecule has 10 heteroatoms. The molecule has 2 heterocycles. The standard InChI is InChI=1S/C26H22N6O2S2/c1-16-21(24-31-32-17(2)29-30-26(32)36-24)12-7-13-22(16)27-25(35)28-23(33)19-10-6-11-20(14-19)34-15-18-8-4-3-5-9-18/h3-14H,15H2,1-2H3,(H2,27,28,33,35). The SMILES string of the molecule is Cc1c(NC(=S)NC(=O)c2cccc(OCc3ccccc3)c2)cccc1-c1nn2c(C)nnc2s1. The molecule has 0 aliphatic rings. The van der Waals surface area contributed by atoms with E-state index in [0.29, 0.717) is 17.9 Å². The smallest absolute Gasteiger partial charge is 0.257 e. The number of rotatable bonds is 6. The first-order chi connectivity index (χ1) is 17.5. The van der Waals surface area contributed by atoms with Crippen LogP contribution in [-0.4, -0.2) is 30.8 Å². The molecule has 2 N–H and O–H groups in total. The van der Waals surface area contributed by atoms with Gasteiger partial charge >= 0.3 is 0 Å². The van der Waals surface area contributed by atoms with Crippen LogP contribution in [0.5, 0.6) is 5.75 Å². The molecule has 0 atom stereocenters. The Kier molecular flexibility index (Phi) is 6.70. The number of carbonyl (C=O) groups excluding carboxylic acids is 1. The number of benzene rings is 3. The van der Waals surface area contributed by atoms with Crippen molar-refractivity contribution in [3.63, 3.8) is 0 Å². The number of carbonyl (C=O) groups is 1. The minimum Gasteiger partial charge on any atom is -0.489 e. The maximum absolute atomic E-state index is 12.8. The molecular weight excluding hydrogens is 492 g/mol. The second-order valence-corrected chi connectivity index (χ2v) is 9.40. The Morgan fingerprint density at radius 1 is 1.03 bits per heavy atom. The van der Waals surface area contributed by atoms with Gasteiger partial charge in [0.15, 0.2) is 10.9 Å². The summed E-state index contributed by atoms with van der Waals surface area (Å²) in [6, 6.07) is 22.7. The monoisotopic (exact) mass is 514 g/mol. The van der Waals surface area contributed by atoms with Crippen molar-refractivity contribution in [1.82, 2.24) is 25.1 Å². The average Bonchev–Trinajstić information content (AvgIpc) is 3.46. The second kappa shape index (κ2) is 10.2. The molecule has 0 bridgehead atoms. The molecule has 0 spiro atoms. The van der Waals surface area contributed by atoms with Crippen LogP contribution in [0, 0.1) is 13.8 Å². The highest BCUT2D eigenvalue weighted by Crippen LogP contribution is 2.31. The lowest BCUT2D eigenvalue weighted by Gasteiger charge is -2.14. The summed E-state index contributed by atoms with van der Waals surface area (Å²) in [5.41, 5.74) is 4.18. The van der Waals surface area contributed by atoms with E-state index >= 15 is 0 Å². The van der Waals surface area contributed by atoms with Crippen molar-refractivity contribution in [1.29, 1.82) is 0 Å². The zero-order valence-electron chi connectivity index (χ0n) is 19.6. The van der Waals surface area contributed by atoms with Gasteiger partial charge in [-0.2, -0.15) is 9.61 Å². The van der Waals surface area contributed by atoms with Crippen molar-refractivity contribution >= 4 is 45.2 Å². The largest absolute Gasteiger partial charge is 0.489 e. The van der Waals surface area contributed by atoms with Crippen LogP contribution < -0.4 is 15.4 Å². The van der Waals surface area contributed by atoms with Gasteiger partial charge < -0.3 is 10.1 Å². The van der Waals surface area contributed by atoms with Crippen molar-refractivity contribution in [2.24, 2.45) is 0 Å². The van der Waals surface area contributed by atoms with Gasteiger partial charge in [0.25, 0.3) is 5.91 Å². The zero-order chi connectivity index (χ0) is 25.1. The molecule has 0 radical (unpaired) electrons. The molecule has 1 amide bonds. The Hall–Kier alpha value is -4.15. The van der Waals surface area contributed by atoms with E-state index < -0.39 is 0 Å². The first-order valence-electron chi connectivity index (χ1n) is 11.2. The Morgan fingerprint density at radius 2 is 1.83 bits per heavy atom. The van der Waals surface area contributed by atoms with E-state index in [1.54, 1.807) is 22.7 Å². The van der Waals surface area contributed by atoms with Crippen molar-refractivity contribution in [3.8, 4) is 16.3 Å². The summed E-state index contributed by atoms with van der Waals surface area (Å²) < 4.78 is 7.56. The lowest BCUT2D eigenvalue weighted by Crippen LogP contribution is -2.34. The lowest BCUT2D eigenvalue weighted by atomic mass is 10.1. The number of fused-ring (bicyclic) bond motifs is 1. The number of aryl methyl sites for hydroxylation is 1. The van der Waals surface area contributed by atoms with Gasteiger partial charge in [0.1, 0.15) is 17.4 Å². The highest BCUT2D eigenvalue weighted by atomic mass is 32.1. The molecule has 0 aliphatic heterocycles. The summed E-state index contributed by atoms with van der Waals surface area (Å²) in [6.45, 7) is 4.26. The van der Waals surface area contributed by atoms with Crippen LogP contribution in [0.25, 0.3) is 15.5 Å². The average molecular weight is 515 g/mol. The molecule has 180 valence electrons. The maximum Gasteiger partial charge on any atom is 0.257 e. The fourth-order valence-electron chi connectivity index (χ4n) is 3.62. The van der Waals surface area contributed by atoms with Gasteiger partial charge in [0, 0.05) is 16.8 Å². The summed E-state index contributed by atoms with van der Waals surface area (Å²) in [5.74, 6) is 1.02. The van der Waals surface area contributed by atoms with Gasteiger partial charge in [-0.3, -0.25) is 10.1 Å². The quantitative estimate of drug-likeness (QED) is 0.302. The number of anilines is 1. The van der Waals surface area contributed by atoms with Gasteiger partial charge in [-0.1, -0.05) is 59.9 Å².